The number of pyridine rings is 1. The molecule has 0 spiro atoms. The van der Waals surface area contributed by atoms with Gasteiger partial charge in [-0.15, -0.1) is 0 Å². The molecule has 1 atom stereocenters. The molecular formula is C19H20FN7O. The summed E-state index contributed by atoms with van der Waals surface area (Å²) in [6, 6.07) is 3.93. The molecule has 0 saturated heterocycles. The Kier molecular flexibility index (Phi) is 4.42. The van der Waals surface area contributed by atoms with E-state index >= 15 is 0 Å². The lowest BCUT2D eigenvalue weighted by Gasteiger charge is -2.35. The molecule has 3 aromatic heterocycles. The Hall–Kier alpha value is -3.49. The highest BCUT2D eigenvalue weighted by molar-refractivity contribution is 5.93. The molecule has 0 fully saturated rings. The van der Waals surface area contributed by atoms with Crippen molar-refractivity contribution in [3.05, 3.63) is 70.7 Å². The maximum atomic E-state index is 14.1. The smallest absolute Gasteiger partial charge is 0.273 e. The Labute approximate surface area is 160 Å². The van der Waals surface area contributed by atoms with E-state index in [1.54, 1.807) is 29.0 Å². The number of halogens is 1. The van der Waals surface area contributed by atoms with Crippen LogP contribution < -0.4 is 5.73 Å². The zero-order chi connectivity index (χ0) is 19.8. The third kappa shape index (κ3) is 3.04. The molecule has 4 heterocycles. The normalized spacial score (nSPS) is 16.9. The molecule has 8 nitrogen and oxygen atoms in total. The number of hydrogen-bond donors (Lipinski definition) is 2. The summed E-state index contributed by atoms with van der Waals surface area (Å²) in [5.41, 5.74) is 9.54. The molecule has 3 N–H and O–H groups in total. The van der Waals surface area contributed by atoms with Gasteiger partial charge < -0.3 is 15.6 Å². The Morgan fingerprint density at radius 1 is 1.43 bits per heavy atom. The molecule has 1 aliphatic rings. The van der Waals surface area contributed by atoms with Crippen LogP contribution in [-0.2, 0) is 13.5 Å². The maximum absolute atomic E-state index is 14.1. The Morgan fingerprint density at radius 3 is 2.96 bits per heavy atom. The van der Waals surface area contributed by atoms with Crippen molar-refractivity contribution >= 4 is 12.0 Å². The van der Waals surface area contributed by atoms with Crippen LogP contribution in [-0.4, -0.2) is 42.1 Å². The number of aromatic nitrogens is 5. The second-order valence-corrected chi connectivity index (χ2v) is 6.73. The molecule has 0 aromatic carbocycles. The average molecular weight is 381 g/mol. The van der Waals surface area contributed by atoms with Crippen LogP contribution in [0, 0.1) is 12.7 Å². The molecule has 9 heteroatoms. The van der Waals surface area contributed by atoms with E-state index in [9.17, 15) is 9.18 Å². The van der Waals surface area contributed by atoms with Crippen molar-refractivity contribution in [3.8, 4) is 0 Å². The quantitative estimate of drug-likeness (QED) is 0.719. The lowest BCUT2D eigenvalue weighted by Crippen LogP contribution is -2.43. The topological polar surface area (TPSA) is 106 Å². The summed E-state index contributed by atoms with van der Waals surface area (Å²) in [5, 5.41) is 4.25. The number of H-pyrrole nitrogens is 1. The minimum absolute atomic E-state index is 0.117. The maximum Gasteiger partial charge on any atom is 0.273 e. The van der Waals surface area contributed by atoms with Crippen LogP contribution in [0.1, 0.15) is 39.3 Å². The zero-order valence-electron chi connectivity index (χ0n) is 15.6. The van der Waals surface area contributed by atoms with Gasteiger partial charge in [-0.2, -0.15) is 5.10 Å². The van der Waals surface area contributed by atoms with Gasteiger partial charge in [-0.1, -0.05) is 0 Å². The number of fused-ring (bicyclic) bond motifs is 1. The lowest BCUT2D eigenvalue weighted by molar-refractivity contribution is 0.0675. The number of aryl methyl sites for hydroxylation is 2. The predicted molar refractivity (Wildman–Crippen MR) is 100 cm³/mol. The van der Waals surface area contributed by atoms with Crippen molar-refractivity contribution in [2.45, 2.75) is 19.4 Å². The Bertz CT molecular complexity index is 1070. The highest BCUT2D eigenvalue weighted by Crippen LogP contribution is 2.33. The molecule has 4 rings (SSSR count). The number of amides is 1. The number of imidazole rings is 1. The number of rotatable bonds is 3. The van der Waals surface area contributed by atoms with Crippen molar-refractivity contribution in [3.63, 3.8) is 0 Å². The van der Waals surface area contributed by atoms with Gasteiger partial charge in [0.15, 0.2) is 0 Å². The van der Waals surface area contributed by atoms with Crippen molar-refractivity contribution < 1.29 is 9.18 Å². The van der Waals surface area contributed by atoms with Crippen LogP contribution in [0.3, 0.4) is 0 Å². The molecule has 0 bridgehead atoms. The first-order valence-corrected chi connectivity index (χ1v) is 8.87. The molecule has 0 radical (unpaired) electrons. The van der Waals surface area contributed by atoms with E-state index in [1.807, 2.05) is 6.92 Å². The summed E-state index contributed by atoms with van der Waals surface area (Å²) < 4.78 is 15.6. The molecule has 0 saturated carbocycles. The highest BCUT2D eigenvalue weighted by atomic mass is 19.1. The fraction of sp³-hybridized carbons (Fsp3) is 0.263. The number of carbonyl (C=O) groups is 1. The summed E-state index contributed by atoms with van der Waals surface area (Å²) in [5.74, 6) is -0.691. The highest BCUT2D eigenvalue weighted by Gasteiger charge is 2.36. The van der Waals surface area contributed by atoms with E-state index in [-0.39, 0.29) is 17.3 Å². The first-order chi connectivity index (χ1) is 13.5. The van der Waals surface area contributed by atoms with Gasteiger partial charge in [0.05, 0.1) is 17.7 Å². The van der Waals surface area contributed by atoms with Crippen LogP contribution in [0.4, 0.5) is 4.39 Å². The Balaban J connectivity index is 1.77. The molecular weight excluding hydrogens is 361 g/mol. The van der Waals surface area contributed by atoms with Crippen molar-refractivity contribution in [1.82, 2.24) is 29.6 Å². The minimum atomic E-state index is -0.626. The van der Waals surface area contributed by atoms with Gasteiger partial charge in [0.25, 0.3) is 5.91 Å². The van der Waals surface area contributed by atoms with E-state index < -0.39 is 11.9 Å². The van der Waals surface area contributed by atoms with Crippen LogP contribution in [0.5, 0.6) is 0 Å². The number of aromatic amines is 1. The van der Waals surface area contributed by atoms with E-state index in [1.165, 1.54) is 24.4 Å². The SMILES string of the molecule is Cc1cc(C(=O)N2CCc3[nH]cnc3C2/C(N)=C/c2ncccc2F)n(C)n1. The number of nitrogens with one attached hydrogen (secondary N) is 1. The second kappa shape index (κ2) is 6.91. The standard InChI is InChI=1S/C19H20FN7O/c1-11-8-16(26(2)25-11)19(28)27-7-5-14-17(24-10-23-14)18(27)13(21)9-15-12(20)4-3-6-22-15/h3-4,6,8-10,18H,5,7,21H2,1-2H3,(H,23,24)/b13-9-. The van der Waals surface area contributed by atoms with E-state index in [0.717, 1.165) is 11.4 Å². The van der Waals surface area contributed by atoms with Gasteiger partial charge in [0, 0.05) is 37.6 Å². The third-order valence-corrected chi connectivity index (χ3v) is 4.81. The largest absolute Gasteiger partial charge is 0.400 e. The van der Waals surface area contributed by atoms with Crippen molar-refractivity contribution in [1.29, 1.82) is 0 Å². The summed E-state index contributed by atoms with van der Waals surface area (Å²) in [6.07, 6.45) is 5.15. The monoisotopic (exact) mass is 381 g/mol. The zero-order valence-corrected chi connectivity index (χ0v) is 15.6. The van der Waals surface area contributed by atoms with Gasteiger partial charge >= 0.3 is 0 Å². The van der Waals surface area contributed by atoms with Gasteiger partial charge in [-0.25, -0.2) is 9.37 Å². The number of nitrogens with zero attached hydrogens (tertiary/aromatic N) is 5. The third-order valence-electron chi connectivity index (χ3n) is 4.81. The van der Waals surface area contributed by atoms with Crippen LogP contribution in [0.2, 0.25) is 0 Å². The van der Waals surface area contributed by atoms with E-state index in [2.05, 4.69) is 20.1 Å². The molecule has 1 amide bonds. The van der Waals surface area contributed by atoms with Crippen molar-refractivity contribution in [2.24, 2.45) is 12.8 Å². The Morgan fingerprint density at radius 2 is 2.25 bits per heavy atom. The van der Waals surface area contributed by atoms with Crippen LogP contribution >= 0.6 is 0 Å². The predicted octanol–water partition coefficient (Wildman–Crippen LogP) is 1.73. The van der Waals surface area contributed by atoms with Gasteiger partial charge in [0.1, 0.15) is 23.2 Å². The van der Waals surface area contributed by atoms with Crippen molar-refractivity contribution in [2.75, 3.05) is 6.54 Å². The lowest BCUT2D eigenvalue weighted by atomic mass is 9.98. The summed E-state index contributed by atoms with van der Waals surface area (Å²) in [7, 11) is 1.72. The van der Waals surface area contributed by atoms with Crippen LogP contribution in [0.15, 0.2) is 36.4 Å². The van der Waals surface area contributed by atoms with Gasteiger partial charge in [0.2, 0.25) is 0 Å². The number of hydrogen-bond acceptors (Lipinski definition) is 5. The number of carbonyl (C=O) groups excluding carboxylic acids is 1. The molecule has 3 aromatic rings. The summed E-state index contributed by atoms with van der Waals surface area (Å²) in [6.45, 7) is 2.27. The van der Waals surface area contributed by atoms with E-state index in [4.69, 9.17) is 5.73 Å². The van der Waals surface area contributed by atoms with Gasteiger partial charge in [-0.3, -0.25) is 14.5 Å². The molecule has 0 aliphatic carbocycles. The van der Waals surface area contributed by atoms with Crippen LogP contribution in [0.25, 0.3) is 6.08 Å². The number of nitrogens with two attached hydrogens (primary N) is 1. The van der Waals surface area contributed by atoms with E-state index in [0.29, 0.717) is 24.4 Å². The summed E-state index contributed by atoms with van der Waals surface area (Å²) >= 11 is 0. The molecule has 1 aliphatic heterocycles. The fourth-order valence-electron chi connectivity index (χ4n) is 3.53. The average Bonchev–Trinajstić information content (AvgIpc) is 3.27. The van der Waals surface area contributed by atoms with Gasteiger partial charge in [-0.05, 0) is 31.2 Å². The fourth-order valence-corrected chi connectivity index (χ4v) is 3.53. The first kappa shape index (κ1) is 17.9. The molecule has 144 valence electrons. The minimum Gasteiger partial charge on any atom is -0.400 e. The second-order valence-electron chi connectivity index (χ2n) is 6.73. The summed E-state index contributed by atoms with van der Waals surface area (Å²) in [4.78, 5) is 26.4. The first-order valence-electron chi connectivity index (χ1n) is 8.87. The molecule has 1 unspecified atom stereocenters. The molecule has 28 heavy (non-hydrogen) atoms.